The van der Waals surface area contributed by atoms with Crippen molar-refractivity contribution in [2.45, 2.75) is 6.54 Å². The van der Waals surface area contributed by atoms with Crippen LogP contribution in [0.2, 0.25) is 0 Å². The molecule has 0 unspecified atom stereocenters. The summed E-state index contributed by atoms with van der Waals surface area (Å²) in [6, 6.07) is 16.4. The molecule has 2 N–H and O–H groups in total. The number of hydrogen-bond acceptors (Lipinski definition) is 9. The van der Waals surface area contributed by atoms with Crippen LogP contribution in [-0.2, 0) is 11.3 Å². The molecule has 4 aromatic rings. The topological polar surface area (TPSA) is 126 Å². The Labute approximate surface area is 199 Å². The van der Waals surface area contributed by atoms with Gasteiger partial charge in [-0.25, -0.2) is 15.0 Å². The van der Waals surface area contributed by atoms with E-state index in [0.29, 0.717) is 31.4 Å². The second-order valence-corrected chi connectivity index (χ2v) is 8.17. The largest absolute Gasteiger partial charge is 0.368 e. The molecule has 0 aliphatic rings. The molecule has 3 heterocycles. The van der Waals surface area contributed by atoms with E-state index in [1.165, 1.54) is 12.3 Å². The van der Waals surface area contributed by atoms with Gasteiger partial charge >= 0.3 is 0 Å². The summed E-state index contributed by atoms with van der Waals surface area (Å²) < 4.78 is 0. The third kappa shape index (κ3) is 5.90. The van der Waals surface area contributed by atoms with Crippen molar-refractivity contribution in [1.29, 1.82) is 0 Å². The first-order valence-corrected chi connectivity index (χ1v) is 11.3. The minimum Gasteiger partial charge on any atom is -0.368 e. The van der Waals surface area contributed by atoms with E-state index in [9.17, 15) is 14.9 Å². The Kier molecular flexibility index (Phi) is 7.35. The lowest BCUT2D eigenvalue weighted by Gasteiger charge is -2.17. The molecule has 3 aromatic heterocycles. The molecular formula is C23H21N7O3S. The lowest BCUT2D eigenvalue weighted by molar-refractivity contribution is -0.385. The Morgan fingerprint density at radius 3 is 2.53 bits per heavy atom. The van der Waals surface area contributed by atoms with Crippen molar-refractivity contribution >= 4 is 40.9 Å². The van der Waals surface area contributed by atoms with Crippen molar-refractivity contribution in [3.8, 4) is 11.3 Å². The van der Waals surface area contributed by atoms with Crippen LogP contribution in [0.4, 0.5) is 23.1 Å². The molecule has 4 rings (SSSR count). The average Bonchev–Trinajstić information content (AvgIpc) is 3.39. The Hall–Kier alpha value is -4.38. The predicted octanol–water partition coefficient (Wildman–Crippen LogP) is 4.20. The first-order valence-electron chi connectivity index (χ1n) is 10.4. The van der Waals surface area contributed by atoms with Crippen LogP contribution < -0.4 is 15.5 Å². The highest BCUT2D eigenvalue weighted by Crippen LogP contribution is 2.23. The number of amides is 1. The Bertz CT molecular complexity index is 1230. The Morgan fingerprint density at radius 1 is 1.03 bits per heavy atom. The maximum atomic E-state index is 11.6. The molecule has 0 aliphatic carbocycles. The van der Waals surface area contributed by atoms with Crippen LogP contribution in [0.5, 0.6) is 0 Å². The molecular weight excluding hydrogens is 454 g/mol. The van der Waals surface area contributed by atoms with Crippen LogP contribution in [0.25, 0.3) is 11.3 Å². The number of pyridine rings is 1. The van der Waals surface area contributed by atoms with Crippen LogP contribution in [0.15, 0.2) is 72.4 Å². The fourth-order valence-corrected chi connectivity index (χ4v) is 3.85. The summed E-state index contributed by atoms with van der Waals surface area (Å²) in [6.45, 7) is 1.59. The first-order chi connectivity index (χ1) is 16.6. The fraction of sp³-hybridized carbons (Fsp3) is 0.130. The molecule has 0 aliphatic heterocycles. The SMILES string of the molecule is O=CN(Cc1cccs1)c1ccc(-c2ccnc(NCCNc3ccc([N+](=O)[O-])cn3)n2)cc1. The molecule has 0 spiro atoms. The van der Waals surface area contributed by atoms with Crippen molar-refractivity contribution in [2.24, 2.45) is 0 Å². The molecule has 0 fully saturated rings. The molecule has 1 aromatic carbocycles. The highest BCUT2D eigenvalue weighted by molar-refractivity contribution is 7.09. The monoisotopic (exact) mass is 475 g/mol. The number of carbonyl (C=O) groups is 1. The molecule has 0 saturated carbocycles. The summed E-state index contributed by atoms with van der Waals surface area (Å²) >= 11 is 1.61. The molecule has 10 nitrogen and oxygen atoms in total. The van der Waals surface area contributed by atoms with Crippen LogP contribution in [0, 0.1) is 10.1 Å². The van der Waals surface area contributed by atoms with E-state index in [1.807, 2.05) is 47.8 Å². The highest BCUT2D eigenvalue weighted by atomic mass is 32.1. The van der Waals surface area contributed by atoms with Gasteiger partial charge in [-0.05, 0) is 35.7 Å². The van der Waals surface area contributed by atoms with Crippen molar-refractivity contribution in [3.63, 3.8) is 0 Å². The smallest absolute Gasteiger partial charge is 0.287 e. The summed E-state index contributed by atoms with van der Waals surface area (Å²) in [5.74, 6) is 1.03. The van der Waals surface area contributed by atoms with E-state index >= 15 is 0 Å². The van der Waals surface area contributed by atoms with Crippen molar-refractivity contribution in [1.82, 2.24) is 15.0 Å². The van der Waals surface area contributed by atoms with Gasteiger partial charge in [-0.1, -0.05) is 18.2 Å². The molecule has 172 valence electrons. The fourth-order valence-electron chi connectivity index (χ4n) is 3.15. The second kappa shape index (κ2) is 11.0. The summed E-state index contributed by atoms with van der Waals surface area (Å²) in [6.07, 6.45) is 3.73. The van der Waals surface area contributed by atoms with Gasteiger partial charge in [0.25, 0.3) is 5.69 Å². The molecule has 1 amide bonds. The summed E-state index contributed by atoms with van der Waals surface area (Å²) in [4.78, 5) is 37.3. The molecule has 0 atom stereocenters. The number of nitro groups is 1. The molecule has 0 radical (unpaired) electrons. The standard InChI is InChI=1S/C23H21N7O3S/c31-16-29(15-20-2-1-13-34-20)18-5-3-17(4-6-18)21-9-10-25-23(28-21)26-12-11-24-22-8-7-19(14-27-22)30(32)33/h1-10,13-14,16H,11-12,15H2,(H,24,27)(H,25,26,28). The minimum atomic E-state index is -0.486. The van der Waals surface area contributed by atoms with Gasteiger partial charge in [0.1, 0.15) is 12.0 Å². The average molecular weight is 476 g/mol. The molecule has 0 saturated heterocycles. The van der Waals surface area contributed by atoms with Crippen LogP contribution >= 0.6 is 11.3 Å². The normalized spacial score (nSPS) is 10.5. The van der Waals surface area contributed by atoms with E-state index < -0.39 is 4.92 Å². The maximum Gasteiger partial charge on any atom is 0.287 e. The molecule has 0 bridgehead atoms. The molecule has 11 heteroatoms. The van der Waals surface area contributed by atoms with Crippen LogP contribution in [0.1, 0.15) is 4.88 Å². The number of nitrogens with zero attached hydrogens (tertiary/aromatic N) is 5. The maximum absolute atomic E-state index is 11.6. The third-order valence-corrected chi connectivity index (χ3v) is 5.72. The van der Waals surface area contributed by atoms with E-state index in [4.69, 9.17) is 0 Å². The lowest BCUT2D eigenvalue weighted by Crippen LogP contribution is -2.19. The Morgan fingerprint density at radius 2 is 1.85 bits per heavy atom. The zero-order chi connectivity index (χ0) is 23.8. The van der Waals surface area contributed by atoms with Crippen molar-refractivity contribution in [2.75, 3.05) is 28.6 Å². The molecule has 34 heavy (non-hydrogen) atoms. The van der Waals surface area contributed by atoms with Gasteiger partial charge in [0.15, 0.2) is 0 Å². The van der Waals surface area contributed by atoms with E-state index in [2.05, 4.69) is 25.6 Å². The van der Waals surface area contributed by atoms with Gasteiger partial charge in [0, 0.05) is 41.5 Å². The highest BCUT2D eigenvalue weighted by Gasteiger charge is 2.09. The first kappa shape index (κ1) is 22.8. The van der Waals surface area contributed by atoms with E-state index in [0.717, 1.165) is 28.2 Å². The number of anilines is 3. The van der Waals surface area contributed by atoms with Crippen LogP contribution in [-0.4, -0.2) is 39.4 Å². The third-order valence-electron chi connectivity index (χ3n) is 4.86. The number of thiophene rings is 1. The number of carbonyl (C=O) groups excluding carboxylic acids is 1. The van der Waals surface area contributed by atoms with Gasteiger partial charge in [0.05, 0.1) is 17.2 Å². The van der Waals surface area contributed by atoms with Gasteiger partial charge in [-0.3, -0.25) is 14.9 Å². The van der Waals surface area contributed by atoms with Gasteiger partial charge in [-0.15, -0.1) is 11.3 Å². The van der Waals surface area contributed by atoms with Crippen molar-refractivity contribution < 1.29 is 9.72 Å². The Balaban J connectivity index is 1.32. The zero-order valence-corrected chi connectivity index (χ0v) is 18.8. The summed E-state index contributed by atoms with van der Waals surface area (Å²) in [7, 11) is 0. The summed E-state index contributed by atoms with van der Waals surface area (Å²) in [5.41, 5.74) is 2.42. The lowest BCUT2D eigenvalue weighted by atomic mass is 10.1. The minimum absolute atomic E-state index is 0.0525. The van der Waals surface area contributed by atoms with Crippen molar-refractivity contribution in [3.05, 3.63) is 87.4 Å². The van der Waals surface area contributed by atoms with E-state index in [1.54, 1.807) is 28.5 Å². The second-order valence-electron chi connectivity index (χ2n) is 7.14. The predicted molar refractivity (Wildman–Crippen MR) is 132 cm³/mol. The number of rotatable bonds is 11. The van der Waals surface area contributed by atoms with Gasteiger partial charge < -0.3 is 15.5 Å². The quantitative estimate of drug-likeness (QED) is 0.143. The zero-order valence-electron chi connectivity index (χ0n) is 18.0. The number of nitrogens with one attached hydrogen (secondary N) is 2. The summed E-state index contributed by atoms with van der Waals surface area (Å²) in [5, 5.41) is 18.9. The number of hydrogen-bond donors (Lipinski definition) is 2. The van der Waals surface area contributed by atoms with Crippen LogP contribution in [0.3, 0.4) is 0 Å². The number of aromatic nitrogens is 3. The van der Waals surface area contributed by atoms with Gasteiger partial charge in [-0.2, -0.15) is 0 Å². The number of benzene rings is 1. The van der Waals surface area contributed by atoms with Gasteiger partial charge in [0.2, 0.25) is 12.4 Å². The van der Waals surface area contributed by atoms with E-state index in [-0.39, 0.29) is 5.69 Å².